The number of carbonyl (C=O) groups excluding carboxylic acids is 1. The summed E-state index contributed by atoms with van der Waals surface area (Å²) in [7, 11) is -1.09. The molecule has 0 saturated carbocycles. The Balaban J connectivity index is 0.00000156. The van der Waals surface area contributed by atoms with Gasteiger partial charge >= 0.3 is 0 Å². The Morgan fingerprint density at radius 2 is 1.89 bits per heavy atom. The zero-order valence-electron chi connectivity index (χ0n) is 22.3. The molecule has 0 aromatic carbocycles. The van der Waals surface area contributed by atoms with E-state index in [1.807, 2.05) is 38.7 Å². The molecule has 0 spiro atoms. The molecule has 9 nitrogen and oxygen atoms in total. The molecule has 37 heavy (non-hydrogen) atoms. The number of rotatable bonds is 3. The summed E-state index contributed by atoms with van der Waals surface area (Å²) < 4.78 is 11.5. The van der Waals surface area contributed by atoms with Crippen molar-refractivity contribution in [2.45, 2.75) is 64.2 Å². The van der Waals surface area contributed by atoms with Crippen LogP contribution in [0.2, 0.25) is 5.02 Å². The lowest BCUT2D eigenvalue weighted by Crippen LogP contribution is -2.63. The fourth-order valence-electron chi connectivity index (χ4n) is 5.29. The maximum absolute atomic E-state index is 13.2. The molecule has 2 fully saturated rings. The largest absolute Gasteiger partial charge is 0.352 e. The van der Waals surface area contributed by atoms with Crippen molar-refractivity contribution >= 4 is 45.6 Å². The molecule has 3 aliphatic heterocycles. The van der Waals surface area contributed by atoms with E-state index in [0.717, 1.165) is 22.9 Å². The molecule has 2 aromatic heterocycles. The molecular weight excluding hydrogens is 510 g/mol. The van der Waals surface area contributed by atoms with Crippen molar-refractivity contribution in [3.8, 4) is 6.07 Å². The van der Waals surface area contributed by atoms with Crippen LogP contribution in [0.4, 0.5) is 17.3 Å². The van der Waals surface area contributed by atoms with Crippen molar-refractivity contribution in [1.29, 1.82) is 5.26 Å². The summed E-state index contributed by atoms with van der Waals surface area (Å²) in [6.45, 7) is 14.7. The molecule has 5 rings (SSSR count). The summed E-state index contributed by atoms with van der Waals surface area (Å²) in [6.07, 6.45) is 3.90. The van der Waals surface area contributed by atoms with Crippen molar-refractivity contribution in [2.24, 2.45) is 0 Å². The lowest BCUT2D eigenvalue weighted by atomic mass is 9.87. The van der Waals surface area contributed by atoms with E-state index in [2.05, 4.69) is 38.6 Å². The van der Waals surface area contributed by atoms with Crippen molar-refractivity contribution < 1.29 is 9.00 Å². The number of pyridine rings is 1. The van der Waals surface area contributed by atoms with Gasteiger partial charge in [0.15, 0.2) is 5.69 Å². The highest BCUT2D eigenvalue weighted by molar-refractivity contribution is 7.88. The van der Waals surface area contributed by atoms with Crippen LogP contribution in [0.3, 0.4) is 0 Å². The Morgan fingerprint density at radius 1 is 1.19 bits per heavy atom. The van der Waals surface area contributed by atoms with Crippen LogP contribution in [-0.4, -0.2) is 72.7 Å². The van der Waals surface area contributed by atoms with E-state index in [1.165, 1.54) is 0 Å². The summed E-state index contributed by atoms with van der Waals surface area (Å²) in [5.74, 6) is 2.27. The van der Waals surface area contributed by atoms with E-state index in [1.54, 1.807) is 18.6 Å². The summed E-state index contributed by atoms with van der Waals surface area (Å²) >= 11 is 6.27. The lowest BCUT2D eigenvalue weighted by molar-refractivity contribution is -0.136. The molecule has 1 amide bonds. The molecule has 3 aliphatic rings. The van der Waals surface area contributed by atoms with Crippen molar-refractivity contribution in [2.75, 3.05) is 41.7 Å². The van der Waals surface area contributed by atoms with Crippen LogP contribution < -0.4 is 9.80 Å². The highest BCUT2D eigenvalue weighted by Gasteiger charge is 2.50. The first-order valence-electron chi connectivity index (χ1n) is 12.7. The van der Waals surface area contributed by atoms with Gasteiger partial charge in [0.1, 0.15) is 28.8 Å². The standard InChI is InChI=1S/C24H28ClN7O2S.C2H6/c1-15-12-30(6-7-31(15)22(33)24(4)5-8-35(24)34)20-19-21(29-14-28-20)32(13-23(19,2)3)16-9-17(25)18(10-26)27-11-16;1-2/h9,11,14-15H,5-8,12-13H2,1-4H3;1-2H3/t15?,24-,35?;/m0./s1. The van der Waals surface area contributed by atoms with E-state index in [9.17, 15) is 9.00 Å². The lowest BCUT2D eigenvalue weighted by Gasteiger charge is -2.46. The van der Waals surface area contributed by atoms with Gasteiger partial charge in [0.2, 0.25) is 5.91 Å². The van der Waals surface area contributed by atoms with Crippen LogP contribution in [0, 0.1) is 11.3 Å². The first-order valence-corrected chi connectivity index (χ1v) is 14.4. The average molecular weight is 544 g/mol. The topological polar surface area (TPSA) is 106 Å². The van der Waals surface area contributed by atoms with E-state index in [0.29, 0.717) is 43.4 Å². The highest BCUT2D eigenvalue weighted by atomic mass is 35.5. The summed E-state index contributed by atoms with van der Waals surface area (Å²) in [4.78, 5) is 32.9. The van der Waals surface area contributed by atoms with Crippen LogP contribution in [0.15, 0.2) is 18.6 Å². The van der Waals surface area contributed by atoms with Gasteiger partial charge in [0.05, 0.1) is 16.9 Å². The van der Waals surface area contributed by atoms with Crippen molar-refractivity contribution in [3.63, 3.8) is 0 Å². The smallest absolute Gasteiger partial charge is 0.241 e. The molecule has 198 valence electrons. The number of hydrogen-bond donors (Lipinski definition) is 0. The molecule has 11 heteroatoms. The molecule has 3 atom stereocenters. The zero-order valence-corrected chi connectivity index (χ0v) is 23.9. The first-order chi connectivity index (χ1) is 17.6. The number of nitrogens with zero attached hydrogens (tertiary/aromatic N) is 7. The number of halogens is 1. The molecule has 2 unspecified atom stereocenters. The van der Waals surface area contributed by atoms with Gasteiger partial charge in [-0.15, -0.1) is 0 Å². The average Bonchev–Trinajstić information content (AvgIpc) is 3.18. The number of anilines is 3. The predicted molar refractivity (Wildman–Crippen MR) is 147 cm³/mol. The van der Waals surface area contributed by atoms with E-state index in [-0.39, 0.29) is 23.1 Å². The quantitative estimate of drug-likeness (QED) is 0.575. The van der Waals surface area contributed by atoms with Crippen LogP contribution >= 0.6 is 11.6 Å². The molecule has 2 aromatic rings. The second-order valence-electron chi connectivity index (χ2n) is 10.3. The molecule has 0 aliphatic carbocycles. The Hall–Kier alpha value is -2.77. The van der Waals surface area contributed by atoms with Gasteiger partial charge in [-0.1, -0.05) is 39.3 Å². The normalized spacial score (nSPS) is 25.9. The number of nitriles is 1. The van der Waals surface area contributed by atoms with Crippen molar-refractivity contribution in [3.05, 3.63) is 34.9 Å². The third-order valence-electron chi connectivity index (χ3n) is 7.44. The van der Waals surface area contributed by atoms with Gasteiger partial charge in [-0.3, -0.25) is 9.00 Å². The fraction of sp³-hybridized carbons (Fsp3) is 0.577. The third-order valence-corrected chi connectivity index (χ3v) is 9.69. The van der Waals surface area contributed by atoms with Crippen LogP contribution in [-0.2, 0) is 21.0 Å². The van der Waals surface area contributed by atoms with Gasteiger partial charge in [0.25, 0.3) is 0 Å². The SMILES string of the molecule is CC.CC1CN(c2ncnc3c2C(C)(C)CN3c2cnc(C#N)c(Cl)c2)CCN1C(=O)[C@]1(C)CCS1=O. The van der Waals surface area contributed by atoms with Gasteiger partial charge in [-0.2, -0.15) is 5.26 Å². The Bertz CT molecular complexity index is 1280. The van der Waals surface area contributed by atoms with E-state index < -0.39 is 15.5 Å². The van der Waals surface area contributed by atoms with Gasteiger partial charge in [-0.05, 0) is 26.3 Å². The second-order valence-corrected chi connectivity index (χ2v) is 12.7. The van der Waals surface area contributed by atoms with E-state index in [4.69, 9.17) is 16.9 Å². The Labute approximate surface area is 226 Å². The minimum Gasteiger partial charge on any atom is -0.352 e. The van der Waals surface area contributed by atoms with Crippen LogP contribution in [0.1, 0.15) is 59.2 Å². The van der Waals surface area contributed by atoms with Crippen molar-refractivity contribution in [1.82, 2.24) is 19.9 Å². The summed E-state index contributed by atoms with van der Waals surface area (Å²) in [5, 5.41) is 9.48. The highest BCUT2D eigenvalue weighted by Crippen LogP contribution is 2.47. The minimum atomic E-state index is -1.09. The number of hydrogen-bond acceptors (Lipinski definition) is 8. The molecular formula is C26H34ClN7O2S. The molecule has 5 heterocycles. The molecule has 0 N–H and O–H groups in total. The zero-order chi connectivity index (χ0) is 27.1. The number of fused-ring (bicyclic) bond motifs is 1. The van der Waals surface area contributed by atoms with E-state index >= 15 is 0 Å². The molecule has 2 saturated heterocycles. The number of piperazine rings is 1. The predicted octanol–water partition coefficient (Wildman–Crippen LogP) is 3.80. The third kappa shape index (κ3) is 4.57. The molecule has 0 bridgehead atoms. The maximum atomic E-state index is 13.2. The fourth-order valence-corrected chi connectivity index (χ4v) is 6.79. The van der Waals surface area contributed by atoms with Crippen LogP contribution in [0.25, 0.3) is 0 Å². The summed E-state index contributed by atoms with van der Waals surface area (Å²) in [6, 6.07) is 3.71. The Kier molecular flexibility index (Phi) is 7.50. The first kappa shape index (κ1) is 27.3. The Morgan fingerprint density at radius 3 is 2.46 bits per heavy atom. The van der Waals surface area contributed by atoms with Crippen LogP contribution in [0.5, 0.6) is 0 Å². The van der Waals surface area contributed by atoms with Gasteiger partial charge < -0.3 is 14.7 Å². The monoisotopic (exact) mass is 543 g/mol. The summed E-state index contributed by atoms with van der Waals surface area (Å²) in [5.41, 5.74) is 1.76. The molecule has 0 radical (unpaired) electrons. The van der Waals surface area contributed by atoms with Gasteiger partial charge in [0, 0.05) is 59.8 Å². The maximum Gasteiger partial charge on any atom is 0.241 e. The number of amides is 1. The number of carbonyl (C=O) groups is 1. The minimum absolute atomic E-state index is 0.00107. The van der Waals surface area contributed by atoms with Gasteiger partial charge in [-0.25, -0.2) is 15.0 Å². The second kappa shape index (κ2) is 10.2. The number of aromatic nitrogens is 3.